The molecule has 3 N–H and O–H groups in total. The van der Waals surface area contributed by atoms with E-state index in [0.29, 0.717) is 5.69 Å². The van der Waals surface area contributed by atoms with Crippen LogP contribution in [0.5, 0.6) is 0 Å². The highest BCUT2D eigenvalue weighted by Crippen LogP contribution is 2.13. The van der Waals surface area contributed by atoms with Crippen LogP contribution in [-0.4, -0.2) is 38.1 Å². The number of aromatic nitrogens is 3. The third-order valence-corrected chi connectivity index (χ3v) is 3.64. The van der Waals surface area contributed by atoms with Crippen LogP contribution in [0.3, 0.4) is 0 Å². The first kappa shape index (κ1) is 20.7. The largest absolute Gasteiger partial charge is 0.443 e. The summed E-state index contributed by atoms with van der Waals surface area (Å²) in [5, 5.41) is 6.64. The number of carbonyl (C=O) groups is 3. The Morgan fingerprint density at radius 1 is 1.03 bits per heavy atom. The Labute approximate surface area is 170 Å². The van der Waals surface area contributed by atoms with Crippen molar-refractivity contribution in [3.05, 3.63) is 59.8 Å². The maximum absolute atomic E-state index is 13.0. The van der Waals surface area contributed by atoms with Crippen molar-refractivity contribution in [1.82, 2.24) is 25.4 Å². The van der Waals surface area contributed by atoms with Crippen LogP contribution >= 0.6 is 0 Å². The molecule has 3 amide bonds. The molecule has 10 nitrogen and oxygen atoms in total. The summed E-state index contributed by atoms with van der Waals surface area (Å²) in [5.74, 6) is -1.55. The molecule has 0 aliphatic carbocycles. The zero-order chi connectivity index (χ0) is 21.9. The number of amides is 3. The number of rotatable bonds is 3. The smallest absolute Gasteiger partial charge is 0.426 e. The molecule has 11 heteroatoms. The Kier molecular flexibility index (Phi) is 5.63. The maximum atomic E-state index is 13.0. The molecule has 0 fully saturated rings. The van der Waals surface area contributed by atoms with Gasteiger partial charge < -0.3 is 10.1 Å². The van der Waals surface area contributed by atoms with Gasteiger partial charge in [0.05, 0.1) is 24.3 Å². The minimum Gasteiger partial charge on any atom is -0.443 e. The quantitative estimate of drug-likeness (QED) is 0.565. The van der Waals surface area contributed by atoms with E-state index in [1.54, 1.807) is 20.8 Å². The van der Waals surface area contributed by atoms with Gasteiger partial charge in [0.25, 0.3) is 11.8 Å². The van der Waals surface area contributed by atoms with Crippen molar-refractivity contribution in [1.29, 1.82) is 0 Å². The van der Waals surface area contributed by atoms with Gasteiger partial charge in [-0.1, -0.05) is 0 Å². The minimum atomic E-state index is -0.814. The second-order valence-electron chi connectivity index (χ2n) is 7.21. The molecule has 0 bridgehead atoms. The molecule has 0 saturated carbocycles. The summed E-state index contributed by atoms with van der Waals surface area (Å²) in [7, 11) is 0. The van der Waals surface area contributed by atoms with E-state index in [9.17, 15) is 18.8 Å². The third kappa shape index (κ3) is 5.07. The summed E-state index contributed by atoms with van der Waals surface area (Å²) >= 11 is 0. The average Bonchev–Trinajstić information content (AvgIpc) is 3.08. The average molecular weight is 414 g/mol. The first-order valence-corrected chi connectivity index (χ1v) is 8.82. The van der Waals surface area contributed by atoms with Crippen molar-refractivity contribution in [2.75, 3.05) is 5.32 Å². The van der Waals surface area contributed by atoms with Gasteiger partial charge in [0, 0.05) is 5.56 Å². The summed E-state index contributed by atoms with van der Waals surface area (Å²) < 4.78 is 19.3. The SMILES string of the molecule is CC(C)(C)OC(=O)NNC(=O)c1cnn2cc(NC(=O)c3ccc(F)cc3)cnc12. The molecule has 0 spiro atoms. The van der Waals surface area contributed by atoms with Gasteiger partial charge in [-0.05, 0) is 45.0 Å². The Morgan fingerprint density at radius 2 is 1.73 bits per heavy atom. The fraction of sp³-hybridized carbons (Fsp3) is 0.211. The van der Waals surface area contributed by atoms with Crippen LogP contribution in [-0.2, 0) is 4.74 Å². The maximum Gasteiger partial charge on any atom is 0.426 e. The molecule has 0 saturated heterocycles. The fourth-order valence-corrected chi connectivity index (χ4v) is 2.38. The Bertz CT molecular complexity index is 1100. The number of hydrogen-bond acceptors (Lipinski definition) is 6. The molecule has 2 aromatic heterocycles. The zero-order valence-electron chi connectivity index (χ0n) is 16.4. The van der Waals surface area contributed by atoms with E-state index >= 15 is 0 Å². The standard InChI is InChI=1S/C19H19FN6O4/c1-19(2,3)30-18(29)25-24-17(28)14-9-22-26-10-13(8-21-15(14)26)23-16(27)11-4-6-12(20)7-5-11/h4-10H,1-3H3,(H,23,27)(H,24,28)(H,25,29). The van der Waals surface area contributed by atoms with Crippen molar-refractivity contribution in [3.8, 4) is 0 Å². The molecule has 3 aromatic rings. The lowest BCUT2D eigenvalue weighted by atomic mass is 10.2. The number of carbonyl (C=O) groups excluding carboxylic acids is 3. The number of benzene rings is 1. The van der Waals surface area contributed by atoms with Gasteiger partial charge in [0.15, 0.2) is 5.65 Å². The summed E-state index contributed by atoms with van der Waals surface area (Å²) in [4.78, 5) is 40.3. The Morgan fingerprint density at radius 3 is 2.40 bits per heavy atom. The van der Waals surface area contributed by atoms with Gasteiger partial charge in [0.2, 0.25) is 0 Å². The molecule has 30 heavy (non-hydrogen) atoms. The van der Waals surface area contributed by atoms with Gasteiger partial charge in [-0.2, -0.15) is 5.10 Å². The van der Waals surface area contributed by atoms with Gasteiger partial charge in [-0.25, -0.2) is 24.1 Å². The Balaban J connectivity index is 1.68. The van der Waals surface area contributed by atoms with Crippen molar-refractivity contribution < 1.29 is 23.5 Å². The molecule has 3 rings (SSSR count). The van der Waals surface area contributed by atoms with Gasteiger partial charge in [0.1, 0.15) is 17.0 Å². The lowest BCUT2D eigenvalue weighted by Crippen LogP contribution is -2.44. The molecule has 2 heterocycles. The van der Waals surface area contributed by atoms with E-state index in [1.165, 1.54) is 47.4 Å². The second-order valence-corrected chi connectivity index (χ2v) is 7.21. The highest BCUT2D eigenvalue weighted by atomic mass is 19.1. The van der Waals surface area contributed by atoms with Gasteiger partial charge >= 0.3 is 6.09 Å². The molecule has 156 valence electrons. The zero-order valence-corrected chi connectivity index (χ0v) is 16.4. The number of halogens is 1. The number of nitrogens with one attached hydrogen (secondary N) is 3. The van der Waals surface area contributed by atoms with Crippen LogP contribution in [0.25, 0.3) is 5.65 Å². The first-order chi connectivity index (χ1) is 14.1. The van der Waals surface area contributed by atoms with Crippen molar-refractivity contribution in [2.24, 2.45) is 0 Å². The van der Waals surface area contributed by atoms with Crippen LogP contribution in [0.15, 0.2) is 42.9 Å². The molecule has 0 aliphatic heterocycles. The summed E-state index contributed by atoms with van der Waals surface area (Å²) in [6.45, 7) is 5.07. The van der Waals surface area contributed by atoms with E-state index < -0.39 is 29.3 Å². The number of nitrogens with zero attached hydrogens (tertiary/aromatic N) is 3. The van der Waals surface area contributed by atoms with Crippen molar-refractivity contribution in [3.63, 3.8) is 0 Å². The monoisotopic (exact) mass is 414 g/mol. The molecule has 1 aromatic carbocycles. The van der Waals surface area contributed by atoms with Gasteiger partial charge in [-0.3, -0.25) is 15.0 Å². The molecular weight excluding hydrogens is 395 g/mol. The van der Waals surface area contributed by atoms with Crippen LogP contribution in [0.4, 0.5) is 14.9 Å². The normalized spacial score (nSPS) is 11.1. The fourth-order valence-electron chi connectivity index (χ4n) is 2.38. The summed E-state index contributed by atoms with van der Waals surface area (Å²) in [6, 6.07) is 5.06. The topological polar surface area (TPSA) is 127 Å². The number of hydrazine groups is 1. The van der Waals surface area contributed by atoms with E-state index in [1.807, 2.05) is 0 Å². The van der Waals surface area contributed by atoms with E-state index in [2.05, 4.69) is 26.3 Å². The Hall–Kier alpha value is -4.02. The van der Waals surface area contributed by atoms with Crippen LogP contribution in [0.2, 0.25) is 0 Å². The molecule has 0 aliphatic rings. The van der Waals surface area contributed by atoms with Gasteiger partial charge in [-0.15, -0.1) is 0 Å². The molecule has 0 radical (unpaired) electrons. The second kappa shape index (κ2) is 8.15. The van der Waals surface area contributed by atoms with E-state index in [4.69, 9.17) is 4.74 Å². The van der Waals surface area contributed by atoms with Crippen LogP contribution in [0, 0.1) is 5.82 Å². The molecule has 0 unspecified atom stereocenters. The molecule has 0 atom stereocenters. The minimum absolute atomic E-state index is 0.0995. The highest BCUT2D eigenvalue weighted by molar-refractivity contribution is 6.04. The number of fused-ring (bicyclic) bond motifs is 1. The lowest BCUT2D eigenvalue weighted by molar-refractivity contribution is 0.0483. The number of ether oxygens (including phenoxy) is 1. The summed E-state index contributed by atoms with van der Waals surface area (Å²) in [6.07, 6.45) is 3.25. The van der Waals surface area contributed by atoms with E-state index in [-0.39, 0.29) is 16.8 Å². The van der Waals surface area contributed by atoms with Crippen molar-refractivity contribution in [2.45, 2.75) is 26.4 Å². The van der Waals surface area contributed by atoms with Crippen molar-refractivity contribution >= 4 is 29.2 Å². The predicted octanol–water partition coefficient (Wildman–Crippen LogP) is 2.29. The first-order valence-electron chi connectivity index (χ1n) is 8.82. The number of hydrogen-bond donors (Lipinski definition) is 3. The third-order valence-electron chi connectivity index (χ3n) is 3.64. The van der Waals surface area contributed by atoms with Crippen LogP contribution < -0.4 is 16.2 Å². The van der Waals surface area contributed by atoms with Crippen LogP contribution in [0.1, 0.15) is 41.5 Å². The predicted molar refractivity (Wildman–Crippen MR) is 104 cm³/mol. The highest BCUT2D eigenvalue weighted by Gasteiger charge is 2.19. The summed E-state index contributed by atoms with van der Waals surface area (Å²) in [5.41, 5.74) is 4.54. The molecular formula is C19H19FN6O4. The number of anilines is 1. The lowest BCUT2D eigenvalue weighted by Gasteiger charge is -2.19. The van der Waals surface area contributed by atoms with E-state index in [0.717, 1.165) is 0 Å².